The maximum Gasteiger partial charge on any atom is 0.276 e. The van der Waals surface area contributed by atoms with Crippen LogP contribution in [0.2, 0.25) is 0 Å². The number of rotatable bonds is 6. The van der Waals surface area contributed by atoms with Crippen molar-refractivity contribution in [3.8, 4) is 5.88 Å². The minimum Gasteiger partial charge on any atom is -0.474 e. The van der Waals surface area contributed by atoms with Gasteiger partial charge in [0.05, 0.1) is 6.33 Å². The van der Waals surface area contributed by atoms with Crippen LogP contribution in [0.1, 0.15) is 43.6 Å². The number of pyridine rings is 1. The van der Waals surface area contributed by atoms with Crippen molar-refractivity contribution in [2.45, 2.75) is 51.6 Å². The summed E-state index contributed by atoms with van der Waals surface area (Å²) in [6.45, 7) is 1.95. The van der Waals surface area contributed by atoms with Crippen LogP contribution in [-0.2, 0) is 6.42 Å². The molecule has 1 atom stereocenters. The highest BCUT2D eigenvalue weighted by atomic mass is 16.5. The number of hydrogen-bond donors (Lipinski definition) is 2. The lowest BCUT2D eigenvalue weighted by Crippen LogP contribution is -2.24. The molecule has 3 aromatic rings. The molecule has 3 aromatic heterocycles. The van der Waals surface area contributed by atoms with Crippen LogP contribution in [0.25, 0.3) is 11.2 Å². The number of nitrogens with zero attached hydrogens (tertiary/aromatic N) is 3. The summed E-state index contributed by atoms with van der Waals surface area (Å²) in [4.78, 5) is 30.6. The van der Waals surface area contributed by atoms with Crippen LogP contribution in [0, 0.1) is 12.8 Å². The molecule has 1 aliphatic rings. The van der Waals surface area contributed by atoms with Gasteiger partial charge in [-0.3, -0.25) is 4.79 Å². The highest BCUT2D eigenvalue weighted by Crippen LogP contribution is 2.30. The molecule has 0 aliphatic heterocycles. The largest absolute Gasteiger partial charge is 0.474 e. The smallest absolute Gasteiger partial charge is 0.276 e. The molecule has 4 rings (SSSR count). The van der Waals surface area contributed by atoms with E-state index in [9.17, 15) is 4.79 Å². The van der Waals surface area contributed by atoms with Crippen LogP contribution in [0.4, 0.5) is 0 Å². The van der Waals surface area contributed by atoms with Crippen LogP contribution in [0.15, 0.2) is 29.3 Å². The van der Waals surface area contributed by atoms with Crippen molar-refractivity contribution < 1.29 is 4.74 Å². The lowest BCUT2D eigenvalue weighted by atomic mass is 9.98. The second kappa shape index (κ2) is 7.27. The van der Waals surface area contributed by atoms with E-state index >= 15 is 0 Å². The molecule has 1 aliphatic carbocycles. The molecule has 3 heterocycles. The first kappa shape index (κ1) is 16.8. The van der Waals surface area contributed by atoms with E-state index in [1.165, 1.54) is 32.0 Å². The summed E-state index contributed by atoms with van der Waals surface area (Å²) in [6.07, 6.45) is 8.00. The van der Waals surface area contributed by atoms with Gasteiger partial charge in [-0.1, -0.05) is 31.7 Å². The van der Waals surface area contributed by atoms with Gasteiger partial charge in [0.1, 0.15) is 11.9 Å². The Hall–Kier alpha value is -2.70. The number of H-pyrrole nitrogens is 2. The molecular formula is C19H23N5O2. The number of ether oxygens (including phenoxy) is 1. The third kappa shape index (κ3) is 3.76. The Morgan fingerprint density at radius 2 is 2.12 bits per heavy atom. The molecule has 1 saturated carbocycles. The number of aromatic nitrogens is 5. The fourth-order valence-corrected chi connectivity index (χ4v) is 3.75. The zero-order valence-electron chi connectivity index (χ0n) is 14.9. The number of nitrogens with one attached hydrogen (secondary N) is 2. The van der Waals surface area contributed by atoms with Gasteiger partial charge in [-0.2, -0.15) is 0 Å². The fraction of sp³-hybridized carbons (Fsp3) is 0.474. The number of imidazole rings is 1. The van der Waals surface area contributed by atoms with Crippen molar-refractivity contribution in [2.75, 3.05) is 0 Å². The molecule has 136 valence electrons. The van der Waals surface area contributed by atoms with Gasteiger partial charge in [-0.15, -0.1) is 0 Å². The SMILES string of the molecule is Cc1cccc(OC(Cc2nc3nc[nH]c(=O)c3[nH]2)CC2CCCC2)n1. The van der Waals surface area contributed by atoms with E-state index in [1.54, 1.807) is 0 Å². The predicted molar refractivity (Wildman–Crippen MR) is 98.2 cm³/mol. The van der Waals surface area contributed by atoms with Gasteiger partial charge in [0.2, 0.25) is 5.88 Å². The topological polar surface area (TPSA) is 96.5 Å². The minimum absolute atomic E-state index is 0.0351. The lowest BCUT2D eigenvalue weighted by molar-refractivity contribution is 0.159. The van der Waals surface area contributed by atoms with E-state index in [0.29, 0.717) is 29.4 Å². The first-order valence-corrected chi connectivity index (χ1v) is 9.20. The summed E-state index contributed by atoms with van der Waals surface area (Å²) in [5.41, 5.74) is 1.58. The molecule has 7 nitrogen and oxygen atoms in total. The first-order chi connectivity index (χ1) is 12.7. The summed E-state index contributed by atoms with van der Waals surface area (Å²) in [7, 11) is 0. The van der Waals surface area contributed by atoms with Crippen molar-refractivity contribution >= 4 is 11.2 Å². The van der Waals surface area contributed by atoms with E-state index in [1.807, 2.05) is 25.1 Å². The summed E-state index contributed by atoms with van der Waals surface area (Å²) in [5.74, 6) is 2.04. The molecule has 2 N–H and O–H groups in total. The summed E-state index contributed by atoms with van der Waals surface area (Å²) in [5, 5.41) is 0. The van der Waals surface area contributed by atoms with Crippen molar-refractivity contribution in [2.24, 2.45) is 5.92 Å². The fourth-order valence-electron chi connectivity index (χ4n) is 3.75. The monoisotopic (exact) mass is 353 g/mol. The van der Waals surface area contributed by atoms with E-state index in [0.717, 1.165) is 17.9 Å². The summed E-state index contributed by atoms with van der Waals surface area (Å²) < 4.78 is 6.21. The van der Waals surface area contributed by atoms with Gasteiger partial charge >= 0.3 is 0 Å². The average molecular weight is 353 g/mol. The molecule has 0 amide bonds. The quantitative estimate of drug-likeness (QED) is 0.710. The standard InChI is InChI=1S/C19H23N5O2/c1-12-5-4-8-16(22-12)26-14(9-13-6-2-3-7-13)10-15-23-17-18(24-15)20-11-21-19(17)25/h4-5,8,11,13-14H,2-3,6-7,9-10H2,1H3,(H2,20,21,23,24,25). The maximum atomic E-state index is 11.9. The first-order valence-electron chi connectivity index (χ1n) is 9.20. The molecule has 0 spiro atoms. The predicted octanol–water partition coefficient (Wildman–Crippen LogP) is 2.92. The van der Waals surface area contributed by atoms with Gasteiger partial charge in [-0.25, -0.2) is 15.0 Å². The molecule has 0 aromatic carbocycles. The Kier molecular flexibility index (Phi) is 4.69. The molecule has 1 fully saturated rings. The van der Waals surface area contributed by atoms with Crippen molar-refractivity contribution in [3.63, 3.8) is 0 Å². The Labute approximate surface area is 151 Å². The van der Waals surface area contributed by atoms with Crippen LogP contribution in [-0.4, -0.2) is 31.0 Å². The number of hydrogen-bond acceptors (Lipinski definition) is 5. The average Bonchev–Trinajstić information content (AvgIpc) is 3.25. The van der Waals surface area contributed by atoms with Crippen molar-refractivity contribution in [1.82, 2.24) is 24.9 Å². The molecule has 1 unspecified atom stereocenters. The van der Waals surface area contributed by atoms with Crippen molar-refractivity contribution in [1.29, 1.82) is 0 Å². The van der Waals surface area contributed by atoms with Gasteiger partial charge in [0, 0.05) is 18.2 Å². The highest BCUT2D eigenvalue weighted by Gasteiger charge is 2.23. The molecule has 26 heavy (non-hydrogen) atoms. The van der Waals surface area contributed by atoms with Gasteiger partial charge < -0.3 is 14.7 Å². The zero-order valence-corrected chi connectivity index (χ0v) is 14.9. The van der Waals surface area contributed by atoms with E-state index in [-0.39, 0.29) is 11.7 Å². The molecule has 7 heteroatoms. The van der Waals surface area contributed by atoms with Gasteiger partial charge in [0.25, 0.3) is 5.56 Å². The van der Waals surface area contributed by atoms with E-state index in [4.69, 9.17) is 4.74 Å². The Balaban J connectivity index is 1.56. The minimum atomic E-state index is -0.206. The normalized spacial score (nSPS) is 16.2. The van der Waals surface area contributed by atoms with Crippen LogP contribution >= 0.6 is 0 Å². The van der Waals surface area contributed by atoms with Gasteiger partial charge in [-0.05, 0) is 25.3 Å². The summed E-state index contributed by atoms with van der Waals surface area (Å²) >= 11 is 0. The number of fused-ring (bicyclic) bond motifs is 1. The second-order valence-corrected chi connectivity index (χ2v) is 7.06. The highest BCUT2D eigenvalue weighted by molar-refractivity contribution is 5.68. The number of aryl methyl sites for hydroxylation is 1. The molecule has 0 saturated heterocycles. The lowest BCUT2D eigenvalue weighted by Gasteiger charge is -2.21. The maximum absolute atomic E-state index is 11.9. The van der Waals surface area contributed by atoms with Crippen molar-refractivity contribution in [3.05, 3.63) is 46.4 Å². The number of aromatic amines is 2. The summed E-state index contributed by atoms with van der Waals surface area (Å²) in [6, 6.07) is 5.80. The van der Waals surface area contributed by atoms with Crippen LogP contribution in [0.5, 0.6) is 5.88 Å². The van der Waals surface area contributed by atoms with Crippen LogP contribution < -0.4 is 10.3 Å². The molecule has 0 radical (unpaired) electrons. The van der Waals surface area contributed by atoms with E-state index < -0.39 is 0 Å². The zero-order chi connectivity index (χ0) is 17.9. The Morgan fingerprint density at radius 3 is 2.88 bits per heavy atom. The third-order valence-corrected chi connectivity index (χ3v) is 4.99. The van der Waals surface area contributed by atoms with Gasteiger partial charge in [0.15, 0.2) is 11.2 Å². The Morgan fingerprint density at radius 1 is 1.27 bits per heavy atom. The second-order valence-electron chi connectivity index (χ2n) is 7.06. The van der Waals surface area contributed by atoms with E-state index in [2.05, 4.69) is 24.9 Å². The Bertz CT molecular complexity index is 942. The molecular weight excluding hydrogens is 330 g/mol. The molecule has 0 bridgehead atoms. The van der Waals surface area contributed by atoms with Crippen LogP contribution in [0.3, 0.4) is 0 Å². The third-order valence-electron chi connectivity index (χ3n) is 4.99.